The van der Waals surface area contributed by atoms with Gasteiger partial charge < -0.3 is 19.5 Å². The van der Waals surface area contributed by atoms with Crippen LogP contribution in [0.5, 0.6) is 5.75 Å². The highest BCUT2D eigenvalue weighted by atomic mass is 16.5. The van der Waals surface area contributed by atoms with Crippen molar-refractivity contribution in [2.45, 2.75) is 26.7 Å². The van der Waals surface area contributed by atoms with E-state index in [-0.39, 0.29) is 23.4 Å². The normalized spacial score (nSPS) is 10.4. The van der Waals surface area contributed by atoms with E-state index in [9.17, 15) is 14.4 Å². The quantitative estimate of drug-likeness (QED) is 0.714. The molecule has 0 aliphatic rings. The van der Waals surface area contributed by atoms with Crippen molar-refractivity contribution in [1.82, 2.24) is 0 Å². The van der Waals surface area contributed by atoms with Gasteiger partial charge in [0, 0.05) is 5.69 Å². The first kappa shape index (κ1) is 21.9. The first-order valence-corrected chi connectivity index (χ1v) is 9.10. The van der Waals surface area contributed by atoms with E-state index in [0.717, 1.165) is 5.56 Å². The smallest absolute Gasteiger partial charge is 0.337 e. The first-order chi connectivity index (χ1) is 13.7. The molecule has 0 saturated carbocycles. The van der Waals surface area contributed by atoms with E-state index in [0.29, 0.717) is 11.7 Å². The highest BCUT2D eigenvalue weighted by Gasteiger charge is 2.15. The molecule has 0 unspecified atom stereocenters. The van der Waals surface area contributed by atoms with E-state index in [1.165, 1.54) is 38.0 Å². The molecule has 0 aromatic heterocycles. The van der Waals surface area contributed by atoms with Crippen LogP contribution in [-0.2, 0) is 14.3 Å². The van der Waals surface area contributed by atoms with Gasteiger partial charge in [-0.25, -0.2) is 9.59 Å². The molecule has 0 bridgehead atoms. The van der Waals surface area contributed by atoms with Crippen molar-refractivity contribution in [3.05, 3.63) is 58.7 Å². The number of hydrogen-bond acceptors (Lipinski definition) is 6. The van der Waals surface area contributed by atoms with Crippen LogP contribution in [0.2, 0.25) is 0 Å². The summed E-state index contributed by atoms with van der Waals surface area (Å²) in [6, 6.07) is 9.85. The minimum absolute atomic E-state index is 0.117. The van der Waals surface area contributed by atoms with Gasteiger partial charge in [0.2, 0.25) is 0 Å². The lowest BCUT2D eigenvalue weighted by molar-refractivity contribution is -0.118. The lowest BCUT2D eigenvalue weighted by Gasteiger charge is -2.13. The minimum atomic E-state index is -0.636. The number of amides is 1. The molecule has 7 heteroatoms. The van der Waals surface area contributed by atoms with Crippen molar-refractivity contribution in [3.8, 4) is 5.75 Å². The molecule has 0 atom stereocenters. The summed E-state index contributed by atoms with van der Waals surface area (Å²) in [5.41, 5.74) is 2.80. The molecular formula is C22H25NO6. The fourth-order valence-corrected chi connectivity index (χ4v) is 2.90. The van der Waals surface area contributed by atoms with Gasteiger partial charge in [-0.05, 0) is 54.3 Å². The van der Waals surface area contributed by atoms with E-state index in [1.807, 2.05) is 25.1 Å². The summed E-state index contributed by atoms with van der Waals surface area (Å²) < 4.78 is 14.9. The number of anilines is 1. The summed E-state index contributed by atoms with van der Waals surface area (Å²) in [7, 11) is 2.46. The van der Waals surface area contributed by atoms with Crippen molar-refractivity contribution in [2.75, 3.05) is 26.1 Å². The number of esters is 2. The zero-order valence-corrected chi connectivity index (χ0v) is 17.2. The number of carbonyl (C=O) groups excluding carboxylic acids is 3. The second-order valence-electron chi connectivity index (χ2n) is 6.79. The van der Waals surface area contributed by atoms with Gasteiger partial charge in [-0.2, -0.15) is 0 Å². The Morgan fingerprint density at radius 2 is 1.52 bits per heavy atom. The molecule has 0 radical (unpaired) electrons. The maximum absolute atomic E-state index is 12.3. The van der Waals surface area contributed by atoms with Crippen LogP contribution in [0.1, 0.15) is 51.6 Å². The van der Waals surface area contributed by atoms with E-state index in [4.69, 9.17) is 4.74 Å². The van der Waals surface area contributed by atoms with Crippen molar-refractivity contribution < 1.29 is 28.6 Å². The number of carbonyl (C=O) groups is 3. The lowest BCUT2D eigenvalue weighted by atomic mass is 9.98. The summed E-state index contributed by atoms with van der Waals surface area (Å²) >= 11 is 0. The molecule has 7 nitrogen and oxygen atoms in total. The van der Waals surface area contributed by atoms with E-state index in [1.54, 1.807) is 0 Å². The van der Waals surface area contributed by atoms with Gasteiger partial charge in [0.15, 0.2) is 6.61 Å². The van der Waals surface area contributed by atoms with Crippen LogP contribution in [0.15, 0.2) is 36.4 Å². The highest BCUT2D eigenvalue weighted by Crippen LogP contribution is 2.23. The van der Waals surface area contributed by atoms with Crippen LogP contribution in [-0.4, -0.2) is 38.7 Å². The number of methoxy groups -OCH3 is 2. The molecule has 1 amide bonds. The average molecular weight is 399 g/mol. The molecule has 0 aliphatic heterocycles. The zero-order chi connectivity index (χ0) is 21.6. The van der Waals surface area contributed by atoms with Crippen LogP contribution in [0.4, 0.5) is 5.69 Å². The monoisotopic (exact) mass is 399 g/mol. The molecular weight excluding hydrogens is 374 g/mol. The fourth-order valence-electron chi connectivity index (χ4n) is 2.90. The minimum Gasteiger partial charge on any atom is -0.484 e. The number of rotatable bonds is 7. The molecule has 0 spiro atoms. The molecule has 0 saturated heterocycles. The predicted octanol–water partition coefficient (Wildman–Crippen LogP) is 3.71. The van der Waals surface area contributed by atoms with Crippen molar-refractivity contribution in [2.24, 2.45) is 0 Å². The summed E-state index contributed by atoms with van der Waals surface area (Å²) in [6.45, 7) is 5.99. The molecule has 0 aliphatic carbocycles. The van der Waals surface area contributed by atoms with E-state index < -0.39 is 17.8 Å². The first-order valence-electron chi connectivity index (χ1n) is 9.10. The van der Waals surface area contributed by atoms with Gasteiger partial charge in [-0.15, -0.1) is 0 Å². The molecule has 0 heterocycles. The fraction of sp³-hybridized carbons (Fsp3) is 0.318. The van der Waals surface area contributed by atoms with Crippen LogP contribution >= 0.6 is 0 Å². The lowest BCUT2D eigenvalue weighted by Crippen LogP contribution is -2.21. The van der Waals surface area contributed by atoms with Crippen LogP contribution in [0.25, 0.3) is 0 Å². The van der Waals surface area contributed by atoms with Crippen LogP contribution < -0.4 is 10.1 Å². The maximum Gasteiger partial charge on any atom is 0.337 e. The average Bonchev–Trinajstić information content (AvgIpc) is 2.70. The largest absolute Gasteiger partial charge is 0.484 e. The number of ether oxygens (including phenoxy) is 3. The highest BCUT2D eigenvalue weighted by molar-refractivity contribution is 5.99. The molecule has 1 N–H and O–H groups in total. The van der Waals surface area contributed by atoms with Gasteiger partial charge in [0.25, 0.3) is 5.91 Å². The van der Waals surface area contributed by atoms with E-state index in [2.05, 4.69) is 28.6 Å². The summed E-state index contributed by atoms with van der Waals surface area (Å²) in [5, 5.41) is 2.62. The Morgan fingerprint density at radius 3 is 2.00 bits per heavy atom. The van der Waals surface area contributed by atoms with Crippen molar-refractivity contribution in [1.29, 1.82) is 0 Å². The Balaban J connectivity index is 2.10. The molecule has 2 aromatic rings. The SMILES string of the molecule is COC(=O)c1cc(NC(=O)COc2ccc(C(C)C)c(C)c2)cc(C(=O)OC)c1. The van der Waals surface area contributed by atoms with Crippen molar-refractivity contribution in [3.63, 3.8) is 0 Å². The van der Waals surface area contributed by atoms with Gasteiger partial charge in [-0.3, -0.25) is 4.79 Å². The Labute approximate surface area is 170 Å². The molecule has 2 aromatic carbocycles. The third-order valence-electron chi connectivity index (χ3n) is 4.29. The second kappa shape index (κ2) is 9.73. The number of aryl methyl sites for hydroxylation is 1. The molecule has 154 valence electrons. The number of hydrogen-bond donors (Lipinski definition) is 1. The Morgan fingerprint density at radius 1 is 0.931 bits per heavy atom. The molecule has 29 heavy (non-hydrogen) atoms. The molecule has 2 rings (SSSR count). The Kier molecular flexibility index (Phi) is 7.36. The zero-order valence-electron chi connectivity index (χ0n) is 17.2. The van der Waals surface area contributed by atoms with Gasteiger partial charge in [-0.1, -0.05) is 19.9 Å². The second-order valence-corrected chi connectivity index (χ2v) is 6.79. The number of nitrogens with one attached hydrogen (secondary N) is 1. The predicted molar refractivity (Wildman–Crippen MR) is 109 cm³/mol. The standard InChI is InChI=1S/C22H25NO6/c1-13(2)19-7-6-18(8-14(19)3)29-12-20(24)23-17-10-15(21(25)27-4)9-16(11-17)22(26)28-5/h6-11,13H,12H2,1-5H3,(H,23,24). The maximum atomic E-state index is 12.3. The summed E-state index contributed by atoms with van der Waals surface area (Å²) in [6.07, 6.45) is 0. The topological polar surface area (TPSA) is 90.9 Å². The summed E-state index contributed by atoms with van der Waals surface area (Å²) in [5.74, 6) is -0.723. The molecule has 0 fully saturated rings. The third kappa shape index (κ3) is 5.81. The van der Waals surface area contributed by atoms with Crippen molar-refractivity contribution >= 4 is 23.5 Å². The summed E-state index contributed by atoms with van der Waals surface area (Å²) in [4.78, 5) is 35.9. The van der Waals surface area contributed by atoms with Gasteiger partial charge in [0.05, 0.1) is 25.3 Å². The Hall–Kier alpha value is -3.35. The van der Waals surface area contributed by atoms with Crippen LogP contribution in [0, 0.1) is 6.92 Å². The van der Waals surface area contributed by atoms with Gasteiger partial charge in [0.1, 0.15) is 5.75 Å². The number of benzene rings is 2. The third-order valence-corrected chi connectivity index (χ3v) is 4.29. The van der Waals surface area contributed by atoms with E-state index >= 15 is 0 Å². The van der Waals surface area contributed by atoms with Crippen LogP contribution in [0.3, 0.4) is 0 Å². The van der Waals surface area contributed by atoms with Gasteiger partial charge >= 0.3 is 11.9 Å². The Bertz CT molecular complexity index is 885.